The highest BCUT2D eigenvalue weighted by molar-refractivity contribution is 7.04. The zero-order valence-corrected chi connectivity index (χ0v) is 18.5. The fraction of sp³-hybridized carbons (Fsp3) is 0.389. The molecule has 0 spiro atoms. The first-order chi connectivity index (χ1) is 15.5. The molecule has 0 atom stereocenters. The second-order valence-electron chi connectivity index (χ2n) is 6.41. The van der Waals surface area contributed by atoms with Crippen LogP contribution in [0.25, 0.3) is 0 Å². The van der Waals surface area contributed by atoms with Gasteiger partial charge >= 0.3 is 6.18 Å². The Bertz CT molecular complexity index is 1030. The minimum Gasteiger partial charge on any atom is -0.467 e. The van der Waals surface area contributed by atoms with Crippen LogP contribution in [0.3, 0.4) is 0 Å². The van der Waals surface area contributed by atoms with Crippen LogP contribution in [0.2, 0.25) is 0 Å². The van der Waals surface area contributed by atoms with Crippen LogP contribution in [0, 0.1) is 12.7 Å². The molecule has 0 unspecified atom stereocenters. The molecule has 2 amide bonds. The number of carbonyl (C=O) groups is 2. The molecule has 2 aromatic heterocycles. The number of hydrazone groups is 1. The fourth-order valence-electron chi connectivity index (χ4n) is 2.43. The average Bonchev–Trinajstić information content (AvgIpc) is 3.16. The Kier molecular flexibility index (Phi) is 8.64. The van der Waals surface area contributed by atoms with Crippen molar-refractivity contribution in [2.24, 2.45) is 5.10 Å². The van der Waals surface area contributed by atoms with Crippen LogP contribution in [-0.4, -0.2) is 70.5 Å². The van der Waals surface area contributed by atoms with E-state index in [0.717, 1.165) is 21.4 Å². The summed E-state index contributed by atoms with van der Waals surface area (Å²) in [4.78, 5) is 28.4. The first-order valence-corrected chi connectivity index (χ1v) is 10.1. The number of hydrogen-bond acceptors (Lipinski definition) is 9. The number of alkyl halides is 3. The van der Waals surface area contributed by atoms with Crippen molar-refractivity contribution < 1.29 is 37.0 Å². The molecule has 180 valence electrons. The predicted octanol–water partition coefficient (Wildman–Crippen LogP) is 2.40. The number of pyridine rings is 1. The number of ether oxygens (including phenoxy) is 1. The lowest BCUT2D eigenvalue weighted by atomic mass is 10.2. The lowest BCUT2D eigenvalue weighted by Gasteiger charge is -2.21. The van der Waals surface area contributed by atoms with E-state index in [1.54, 1.807) is 13.8 Å². The predicted molar refractivity (Wildman–Crippen MR) is 112 cm³/mol. The molecule has 0 radical (unpaired) electrons. The van der Waals surface area contributed by atoms with Gasteiger partial charge in [-0.15, -0.1) is 0 Å². The standard InChI is InChI=1S/C18H20F4N6O4S/c1-4-28(9-30)14(6-29)25-27(3)15-12(19)5-11(17(24-15)32-8-18(20,21)22)16(31)23-13-7-33-26-10(13)2/h5,7,9,29H,4,6,8H2,1-3H3,(H,23,31)/b25-14-. The molecule has 0 aliphatic rings. The third-order valence-corrected chi connectivity index (χ3v) is 4.77. The number of aryl methyl sites for hydroxylation is 1. The van der Waals surface area contributed by atoms with Crippen molar-refractivity contribution in [1.82, 2.24) is 14.3 Å². The Labute approximate surface area is 189 Å². The number of aliphatic hydroxyl groups is 1. The van der Waals surface area contributed by atoms with E-state index in [2.05, 4.69) is 24.5 Å². The smallest absolute Gasteiger partial charge is 0.422 e. The van der Waals surface area contributed by atoms with Crippen molar-refractivity contribution in [3.63, 3.8) is 0 Å². The van der Waals surface area contributed by atoms with Crippen molar-refractivity contribution in [3.05, 3.63) is 28.5 Å². The topological polar surface area (TPSA) is 120 Å². The summed E-state index contributed by atoms with van der Waals surface area (Å²) in [5.41, 5.74) is 0.158. The first kappa shape index (κ1) is 25.9. The van der Waals surface area contributed by atoms with Gasteiger partial charge in [0.15, 0.2) is 24.1 Å². The highest BCUT2D eigenvalue weighted by Crippen LogP contribution is 2.28. The molecule has 33 heavy (non-hydrogen) atoms. The largest absolute Gasteiger partial charge is 0.467 e. The lowest BCUT2D eigenvalue weighted by molar-refractivity contribution is -0.154. The Morgan fingerprint density at radius 2 is 2.12 bits per heavy atom. The maximum absolute atomic E-state index is 14.8. The molecule has 0 aliphatic heterocycles. The molecular weight excluding hydrogens is 472 g/mol. The van der Waals surface area contributed by atoms with E-state index in [4.69, 9.17) is 0 Å². The van der Waals surface area contributed by atoms with Crippen LogP contribution in [0.15, 0.2) is 16.5 Å². The Morgan fingerprint density at radius 1 is 1.42 bits per heavy atom. The van der Waals surface area contributed by atoms with Crippen molar-refractivity contribution in [3.8, 4) is 5.88 Å². The van der Waals surface area contributed by atoms with Gasteiger partial charge in [-0.3, -0.25) is 14.5 Å². The zero-order chi connectivity index (χ0) is 24.8. The number of rotatable bonds is 9. The zero-order valence-electron chi connectivity index (χ0n) is 17.7. The molecule has 0 bridgehead atoms. The molecule has 0 saturated heterocycles. The summed E-state index contributed by atoms with van der Waals surface area (Å²) in [6.45, 7) is 0.862. The highest BCUT2D eigenvalue weighted by Gasteiger charge is 2.31. The van der Waals surface area contributed by atoms with Crippen molar-refractivity contribution in [2.45, 2.75) is 20.0 Å². The number of likely N-dealkylation sites (N-methyl/N-ethyl adjacent to an activating group) is 1. The van der Waals surface area contributed by atoms with E-state index in [9.17, 15) is 32.3 Å². The van der Waals surface area contributed by atoms with Crippen LogP contribution < -0.4 is 15.1 Å². The third-order valence-electron chi connectivity index (χ3n) is 4.05. The number of amides is 2. The Morgan fingerprint density at radius 3 is 2.64 bits per heavy atom. The second-order valence-corrected chi connectivity index (χ2v) is 7.04. The van der Waals surface area contributed by atoms with Gasteiger partial charge in [0.2, 0.25) is 12.3 Å². The monoisotopic (exact) mass is 492 g/mol. The summed E-state index contributed by atoms with van der Waals surface area (Å²) in [6, 6.07) is 0.653. The van der Waals surface area contributed by atoms with Gasteiger partial charge in [0.1, 0.15) is 12.2 Å². The number of aromatic nitrogens is 2. The van der Waals surface area contributed by atoms with Gasteiger partial charge < -0.3 is 15.2 Å². The molecule has 0 aromatic carbocycles. The van der Waals surface area contributed by atoms with E-state index >= 15 is 0 Å². The molecule has 15 heteroatoms. The molecular formula is C18H20F4N6O4S. The molecule has 2 N–H and O–H groups in total. The summed E-state index contributed by atoms with van der Waals surface area (Å²) in [6.07, 6.45) is -4.36. The molecule has 0 fully saturated rings. The van der Waals surface area contributed by atoms with Crippen LogP contribution >= 0.6 is 11.5 Å². The number of aliphatic hydroxyl groups excluding tert-OH is 1. The summed E-state index contributed by atoms with van der Waals surface area (Å²) < 4.78 is 61.6. The van der Waals surface area contributed by atoms with Gasteiger partial charge in [-0.1, -0.05) is 0 Å². The van der Waals surface area contributed by atoms with Crippen LogP contribution in [0.1, 0.15) is 23.0 Å². The quantitative estimate of drug-likeness (QED) is 0.181. The molecule has 2 heterocycles. The fourth-order valence-corrected chi connectivity index (χ4v) is 3.08. The van der Waals surface area contributed by atoms with E-state index in [-0.39, 0.29) is 12.4 Å². The van der Waals surface area contributed by atoms with Gasteiger partial charge in [0.05, 0.1) is 11.4 Å². The van der Waals surface area contributed by atoms with E-state index < -0.39 is 48.4 Å². The normalized spacial score (nSPS) is 11.8. The maximum Gasteiger partial charge on any atom is 0.422 e. The molecule has 0 saturated carbocycles. The van der Waals surface area contributed by atoms with Crippen LogP contribution in [0.5, 0.6) is 5.88 Å². The molecule has 2 rings (SSSR count). The highest BCUT2D eigenvalue weighted by atomic mass is 32.1. The Balaban J connectivity index is 2.47. The van der Waals surface area contributed by atoms with E-state index in [1.165, 1.54) is 12.4 Å². The van der Waals surface area contributed by atoms with Gasteiger partial charge in [-0.2, -0.15) is 27.6 Å². The van der Waals surface area contributed by atoms with Crippen molar-refractivity contribution >= 4 is 41.2 Å². The number of amidine groups is 1. The van der Waals surface area contributed by atoms with Gasteiger partial charge in [0, 0.05) is 19.0 Å². The van der Waals surface area contributed by atoms with Crippen molar-refractivity contribution in [1.29, 1.82) is 0 Å². The Hall–Kier alpha value is -3.33. The van der Waals surface area contributed by atoms with E-state index in [0.29, 0.717) is 23.9 Å². The molecule has 2 aromatic rings. The average molecular weight is 492 g/mol. The van der Waals surface area contributed by atoms with Crippen LogP contribution in [-0.2, 0) is 4.79 Å². The first-order valence-electron chi connectivity index (χ1n) is 9.27. The number of halogens is 4. The summed E-state index contributed by atoms with van der Waals surface area (Å²) in [5.74, 6) is -3.65. The summed E-state index contributed by atoms with van der Waals surface area (Å²) in [7, 11) is 1.19. The number of nitrogens with zero attached hydrogens (tertiary/aromatic N) is 5. The minimum atomic E-state index is -4.75. The molecule has 10 nitrogen and oxygen atoms in total. The van der Waals surface area contributed by atoms with Gasteiger partial charge in [-0.05, 0) is 31.4 Å². The molecule has 0 aliphatic carbocycles. The third kappa shape index (κ3) is 6.82. The summed E-state index contributed by atoms with van der Waals surface area (Å²) >= 11 is 1.04. The summed E-state index contributed by atoms with van der Waals surface area (Å²) in [5, 5.41) is 18.0. The van der Waals surface area contributed by atoms with Crippen LogP contribution in [0.4, 0.5) is 29.1 Å². The minimum absolute atomic E-state index is 0.141. The van der Waals surface area contributed by atoms with Gasteiger partial charge in [0.25, 0.3) is 5.91 Å². The number of anilines is 2. The van der Waals surface area contributed by atoms with E-state index in [1.807, 2.05) is 0 Å². The SMILES string of the molecule is CCN(C=O)/C(CO)=N\N(C)c1nc(OCC(F)(F)F)c(C(=O)Nc2csnc2C)cc1F. The number of carbonyl (C=O) groups excluding carboxylic acids is 2. The lowest BCUT2D eigenvalue weighted by Crippen LogP contribution is -2.34. The van der Waals surface area contributed by atoms with Crippen molar-refractivity contribution in [2.75, 3.05) is 37.1 Å². The van der Waals surface area contributed by atoms with Gasteiger partial charge in [-0.25, -0.2) is 9.40 Å². The number of hydrogen-bond donors (Lipinski definition) is 2. The maximum atomic E-state index is 14.8. The second kappa shape index (κ2) is 11.0. The number of nitrogens with one attached hydrogen (secondary N) is 1.